The third-order valence-electron chi connectivity index (χ3n) is 5.27. The topological polar surface area (TPSA) is 41.7 Å². The summed E-state index contributed by atoms with van der Waals surface area (Å²) in [4.78, 5) is 5.02. The summed E-state index contributed by atoms with van der Waals surface area (Å²) in [7, 11) is 0. The minimum atomic E-state index is -0.275. The van der Waals surface area contributed by atoms with E-state index in [4.69, 9.17) is 9.26 Å². The molecule has 1 aromatic heterocycles. The van der Waals surface area contributed by atoms with Gasteiger partial charge in [0.15, 0.2) is 5.58 Å². The fraction of sp³-hybridized carbons (Fsp3) is 0.611. The van der Waals surface area contributed by atoms with Crippen LogP contribution < -0.4 is 0 Å². The Morgan fingerprint density at radius 3 is 2.50 bits per heavy atom. The normalized spacial score (nSPS) is 21.5. The van der Waals surface area contributed by atoms with Gasteiger partial charge in [0.2, 0.25) is 0 Å². The molecule has 4 rings (SSSR count). The largest absolute Gasteiger partial charge is 0.379 e. The summed E-state index contributed by atoms with van der Waals surface area (Å²) in [5.74, 6) is 0.138. The predicted octanol–water partition coefficient (Wildman–Crippen LogP) is 2.48. The lowest BCUT2D eigenvalue weighted by Gasteiger charge is -2.34. The van der Waals surface area contributed by atoms with Crippen LogP contribution in [0, 0.1) is 5.82 Å². The van der Waals surface area contributed by atoms with Crippen LogP contribution in [0.15, 0.2) is 22.7 Å². The molecule has 1 aromatic carbocycles. The van der Waals surface area contributed by atoms with Crippen molar-refractivity contribution in [3.63, 3.8) is 0 Å². The number of rotatable bonds is 4. The van der Waals surface area contributed by atoms with E-state index >= 15 is 0 Å². The van der Waals surface area contributed by atoms with Gasteiger partial charge in [0.1, 0.15) is 5.82 Å². The van der Waals surface area contributed by atoms with E-state index in [0.717, 1.165) is 76.4 Å². The predicted molar refractivity (Wildman–Crippen MR) is 89.6 cm³/mol. The average Bonchev–Trinajstić information content (AvgIpc) is 3.04. The van der Waals surface area contributed by atoms with Crippen LogP contribution in [0.4, 0.5) is 4.39 Å². The Bertz CT molecular complexity index is 676. The molecule has 6 heteroatoms. The zero-order valence-corrected chi connectivity index (χ0v) is 13.9. The lowest BCUT2D eigenvalue weighted by molar-refractivity contribution is 0.0320. The summed E-state index contributed by atoms with van der Waals surface area (Å²) in [5, 5.41) is 5.18. The van der Waals surface area contributed by atoms with Crippen LogP contribution in [0.2, 0.25) is 0 Å². The first-order valence-electron chi connectivity index (χ1n) is 8.87. The maximum atomic E-state index is 13.3. The second-order valence-electron chi connectivity index (χ2n) is 6.78. The van der Waals surface area contributed by atoms with Gasteiger partial charge in [-0.3, -0.25) is 4.90 Å². The number of ether oxygens (including phenoxy) is 1. The van der Waals surface area contributed by atoms with Crippen LogP contribution in [0.1, 0.15) is 24.5 Å². The Morgan fingerprint density at radius 1 is 1.04 bits per heavy atom. The highest BCUT2D eigenvalue weighted by molar-refractivity contribution is 5.79. The molecular formula is C18H24FN3O2. The average molecular weight is 333 g/mol. The van der Waals surface area contributed by atoms with Crippen LogP contribution in [0.25, 0.3) is 11.0 Å². The molecule has 0 bridgehead atoms. The number of aromatic nitrogens is 1. The zero-order valence-electron chi connectivity index (χ0n) is 13.9. The molecule has 2 aliphatic heterocycles. The first-order valence-corrected chi connectivity index (χ1v) is 8.87. The van der Waals surface area contributed by atoms with E-state index in [2.05, 4.69) is 15.0 Å². The van der Waals surface area contributed by atoms with E-state index in [1.807, 2.05) is 0 Å². The van der Waals surface area contributed by atoms with Crippen LogP contribution in [0.3, 0.4) is 0 Å². The Hall–Kier alpha value is -1.50. The molecule has 5 nitrogen and oxygen atoms in total. The SMILES string of the molecule is Fc1ccc2c(C3CCN(CCN4CCOCC4)CC3)noc2c1. The van der Waals surface area contributed by atoms with Crippen molar-refractivity contribution in [2.24, 2.45) is 0 Å². The maximum absolute atomic E-state index is 13.3. The van der Waals surface area contributed by atoms with Crippen LogP contribution in [-0.4, -0.2) is 67.4 Å². The van der Waals surface area contributed by atoms with Crippen molar-refractivity contribution in [2.75, 3.05) is 52.5 Å². The van der Waals surface area contributed by atoms with Crippen molar-refractivity contribution in [2.45, 2.75) is 18.8 Å². The summed E-state index contributed by atoms with van der Waals surface area (Å²) in [5.41, 5.74) is 1.55. The Morgan fingerprint density at radius 2 is 1.75 bits per heavy atom. The number of benzene rings is 1. The van der Waals surface area contributed by atoms with Crippen LogP contribution >= 0.6 is 0 Å². The number of nitrogens with zero attached hydrogens (tertiary/aromatic N) is 3. The number of halogens is 1. The van der Waals surface area contributed by atoms with Crippen LogP contribution in [0.5, 0.6) is 0 Å². The van der Waals surface area contributed by atoms with Gasteiger partial charge in [0.05, 0.1) is 18.9 Å². The Kier molecular flexibility index (Phi) is 4.78. The highest BCUT2D eigenvalue weighted by atomic mass is 19.1. The summed E-state index contributed by atoms with van der Waals surface area (Å²) in [6, 6.07) is 4.70. The lowest BCUT2D eigenvalue weighted by atomic mass is 9.91. The Balaban J connectivity index is 1.32. The van der Waals surface area contributed by atoms with Gasteiger partial charge in [-0.1, -0.05) is 5.16 Å². The number of piperidine rings is 1. The first-order chi connectivity index (χ1) is 11.8. The fourth-order valence-electron chi connectivity index (χ4n) is 3.76. The molecule has 2 fully saturated rings. The molecule has 3 heterocycles. The summed E-state index contributed by atoms with van der Waals surface area (Å²) in [6.07, 6.45) is 2.17. The fourth-order valence-corrected chi connectivity index (χ4v) is 3.76. The number of fused-ring (bicyclic) bond motifs is 1. The van der Waals surface area contributed by atoms with Gasteiger partial charge in [0.25, 0.3) is 0 Å². The summed E-state index contributed by atoms with van der Waals surface area (Å²) >= 11 is 0. The van der Waals surface area contributed by atoms with E-state index < -0.39 is 0 Å². The lowest BCUT2D eigenvalue weighted by Crippen LogP contribution is -2.43. The smallest absolute Gasteiger partial charge is 0.170 e. The van der Waals surface area contributed by atoms with Gasteiger partial charge in [-0.2, -0.15) is 0 Å². The monoisotopic (exact) mass is 333 g/mol. The molecule has 0 atom stereocenters. The molecule has 2 aliphatic rings. The van der Waals surface area contributed by atoms with E-state index in [-0.39, 0.29) is 5.82 Å². The number of morpholine rings is 1. The standard InChI is InChI=1S/C18H24FN3O2/c19-15-1-2-16-17(13-15)24-20-18(16)14-3-5-21(6-4-14)7-8-22-9-11-23-12-10-22/h1-2,13-14H,3-12H2. The number of likely N-dealkylation sites (tertiary alicyclic amines) is 1. The van der Waals surface area contributed by atoms with Gasteiger partial charge >= 0.3 is 0 Å². The van der Waals surface area contributed by atoms with Crippen molar-refractivity contribution in [3.05, 3.63) is 29.7 Å². The molecule has 24 heavy (non-hydrogen) atoms. The van der Waals surface area contributed by atoms with Crippen molar-refractivity contribution in [3.8, 4) is 0 Å². The molecule has 130 valence electrons. The van der Waals surface area contributed by atoms with Gasteiger partial charge in [0, 0.05) is 43.5 Å². The minimum absolute atomic E-state index is 0.275. The molecule has 0 spiro atoms. The van der Waals surface area contributed by atoms with Crippen molar-refractivity contribution < 1.29 is 13.7 Å². The van der Waals surface area contributed by atoms with E-state index in [1.165, 1.54) is 12.1 Å². The minimum Gasteiger partial charge on any atom is -0.379 e. The van der Waals surface area contributed by atoms with E-state index in [0.29, 0.717) is 11.5 Å². The highest BCUT2D eigenvalue weighted by Crippen LogP contribution is 2.32. The molecular weight excluding hydrogens is 309 g/mol. The summed E-state index contributed by atoms with van der Waals surface area (Å²) < 4.78 is 24.0. The second kappa shape index (κ2) is 7.17. The van der Waals surface area contributed by atoms with Crippen molar-refractivity contribution >= 4 is 11.0 Å². The molecule has 2 aromatic rings. The molecule has 0 unspecified atom stereocenters. The van der Waals surface area contributed by atoms with Gasteiger partial charge < -0.3 is 14.2 Å². The molecule has 2 saturated heterocycles. The second-order valence-corrected chi connectivity index (χ2v) is 6.78. The first kappa shape index (κ1) is 16.0. The molecule has 0 aliphatic carbocycles. The quantitative estimate of drug-likeness (QED) is 0.860. The van der Waals surface area contributed by atoms with Gasteiger partial charge in [-0.25, -0.2) is 4.39 Å². The molecule has 0 amide bonds. The molecule has 0 N–H and O–H groups in total. The summed E-state index contributed by atoms with van der Waals surface area (Å²) in [6.45, 7) is 8.26. The van der Waals surface area contributed by atoms with E-state index in [9.17, 15) is 4.39 Å². The number of hydrogen-bond acceptors (Lipinski definition) is 5. The Labute approximate surface area is 141 Å². The molecule has 0 saturated carbocycles. The van der Waals surface area contributed by atoms with E-state index in [1.54, 1.807) is 6.07 Å². The zero-order chi connectivity index (χ0) is 16.4. The maximum Gasteiger partial charge on any atom is 0.170 e. The van der Waals surface area contributed by atoms with Gasteiger partial charge in [-0.15, -0.1) is 0 Å². The van der Waals surface area contributed by atoms with Crippen LogP contribution in [-0.2, 0) is 4.74 Å². The number of hydrogen-bond donors (Lipinski definition) is 0. The molecule has 0 radical (unpaired) electrons. The highest BCUT2D eigenvalue weighted by Gasteiger charge is 2.25. The van der Waals surface area contributed by atoms with Crippen molar-refractivity contribution in [1.82, 2.24) is 15.0 Å². The van der Waals surface area contributed by atoms with Gasteiger partial charge in [-0.05, 0) is 38.1 Å². The third-order valence-corrected chi connectivity index (χ3v) is 5.27. The van der Waals surface area contributed by atoms with Crippen molar-refractivity contribution in [1.29, 1.82) is 0 Å². The third kappa shape index (κ3) is 3.45.